The Labute approximate surface area is 94.0 Å². The van der Waals surface area contributed by atoms with Crippen LogP contribution in [0.5, 0.6) is 0 Å². The summed E-state index contributed by atoms with van der Waals surface area (Å²) in [4.78, 5) is 11.1. The number of hydrogen-bond donors (Lipinski definition) is 1. The molecule has 0 spiro atoms. The number of hydrogen-bond acceptors (Lipinski definition) is 2. The number of rotatable bonds is 7. The van der Waals surface area contributed by atoms with Gasteiger partial charge in [-0.1, -0.05) is 6.58 Å². The third kappa shape index (κ3) is 9.69. The van der Waals surface area contributed by atoms with E-state index in [-0.39, 0.29) is 5.91 Å². The third-order valence-corrected chi connectivity index (χ3v) is 2.85. The minimum atomic E-state index is -1.36. The first-order valence-corrected chi connectivity index (χ1v) is 8.81. The Kier molecular flexibility index (Phi) is 6.52. The second kappa shape index (κ2) is 6.79. The van der Waals surface area contributed by atoms with Gasteiger partial charge in [-0.3, -0.25) is 4.79 Å². The van der Waals surface area contributed by atoms with Crippen LogP contribution in [-0.4, -0.2) is 27.4 Å². The van der Waals surface area contributed by atoms with Gasteiger partial charge in [0.05, 0.1) is 0 Å². The molecule has 88 valence electrons. The van der Waals surface area contributed by atoms with Gasteiger partial charge in [0.25, 0.3) is 0 Å². The Bertz CT molecular complexity index is 221. The Morgan fingerprint density at radius 1 is 1.33 bits per heavy atom. The minimum Gasteiger partial charge on any atom is -0.418 e. The number of carbonyl (C=O) groups is 1. The van der Waals surface area contributed by atoms with E-state index < -0.39 is 8.32 Å². The predicted octanol–water partition coefficient (Wildman–Crippen LogP) is 2.31. The van der Waals surface area contributed by atoms with Gasteiger partial charge in [0.1, 0.15) is 0 Å². The number of amides is 1. The molecular formula is C11H23NO2Si. The molecule has 1 amide bonds. The summed E-state index contributed by atoms with van der Waals surface area (Å²) in [5, 5.41) is 2.80. The summed E-state index contributed by atoms with van der Waals surface area (Å²) < 4.78 is 5.69. The number of carbonyl (C=O) groups excluding carboxylic acids is 1. The van der Waals surface area contributed by atoms with Crippen LogP contribution in [0.2, 0.25) is 19.6 Å². The van der Waals surface area contributed by atoms with Crippen molar-refractivity contribution in [2.45, 2.75) is 39.4 Å². The maximum absolute atomic E-state index is 11.1. The lowest BCUT2D eigenvalue weighted by atomic mass is 10.3. The lowest BCUT2D eigenvalue weighted by molar-refractivity contribution is -0.117. The molecule has 0 aliphatic heterocycles. The van der Waals surface area contributed by atoms with Crippen molar-refractivity contribution in [1.29, 1.82) is 0 Å². The highest BCUT2D eigenvalue weighted by atomic mass is 28.4. The lowest BCUT2D eigenvalue weighted by Gasteiger charge is -2.16. The zero-order chi connectivity index (χ0) is 11.9. The molecule has 3 nitrogen and oxygen atoms in total. The molecule has 0 atom stereocenters. The van der Waals surface area contributed by atoms with Gasteiger partial charge in [-0.2, -0.15) is 0 Å². The van der Waals surface area contributed by atoms with Crippen LogP contribution in [0.1, 0.15) is 19.8 Å². The average molecular weight is 229 g/mol. The highest BCUT2D eigenvalue weighted by molar-refractivity contribution is 6.69. The normalized spacial score (nSPS) is 11.2. The molecule has 0 aliphatic carbocycles. The van der Waals surface area contributed by atoms with Gasteiger partial charge in [0.2, 0.25) is 5.91 Å². The average Bonchev–Trinajstić information content (AvgIpc) is 2.08. The highest BCUT2D eigenvalue weighted by Crippen LogP contribution is 2.03. The van der Waals surface area contributed by atoms with E-state index >= 15 is 0 Å². The zero-order valence-electron chi connectivity index (χ0n) is 10.4. The molecular weight excluding hydrogens is 206 g/mol. The molecule has 0 aromatic heterocycles. The molecule has 0 aromatic rings. The Morgan fingerprint density at radius 3 is 2.40 bits per heavy atom. The minimum absolute atomic E-state index is 0.0545. The summed E-state index contributed by atoms with van der Waals surface area (Å²) in [6, 6.07) is 0. The van der Waals surface area contributed by atoms with Crippen LogP contribution in [0.4, 0.5) is 0 Å². The molecule has 0 aliphatic rings. The zero-order valence-corrected chi connectivity index (χ0v) is 11.4. The number of nitrogens with one attached hydrogen (secondary N) is 1. The molecule has 0 radical (unpaired) electrons. The molecule has 0 heterocycles. The van der Waals surface area contributed by atoms with Gasteiger partial charge >= 0.3 is 0 Å². The molecule has 0 aromatic carbocycles. The fraction of sp³-hybridized carbons (Fsp3) is 0.727. The standard InChI is InChI=1S/C11H23NO2Si/c1-10(2)11(13)12-8-6-7-9-14-15(3,4)5/h1,6-9H2,2-5H3,(H,12,13). The van der Waals surface area contributed by atoms with Crippen molar-refractivity contribution >= 4 is 14.2 Å². The van der Waals surface area contributed by atoms with Crippen LogP contribution in [0.15, 0.2) is 12.2 Å². The molecule has 0 saturated carbocycles. The van der Waals surface area contributed by atoms with Crippen LogP contribution in [0.25, 0.3) is 0 Å². The van der Waals surface area contributed by atoms with Gasteiger partial charge in [-0.25, -0.2) is 0 Å². The first-order chi connectivity index (χ1) is 6.83. The van der Waals surface area contributed by atoms with Crippen molar-refractivity contribution in [2.24, 2.45) is 0 Å². The molecule has 1 N–H and O–H groups in total. The van der Waals surface area contributed by atoms with E-state index in [4.69, 9.17) is 4.43 Å². The quantitative estimate of drug-likeness (QED) is 0.413. The first-order valence-electron chi connectivity index (χ1n) is 5.40. The van der Waals surface area contributed by atoms with E-state index in [2.05, 4.69) is 31.5 Å². The van der Waals surface area contributed by atoms with Crippen LogP contribution in [0, 0.1) is 0 Å². The summed E-state index contributed by atoms with van der Waals surface area (Å²) >= 11 is 0. The van der Waals surface area contributed by atoms with E-state index in [1.54, 1.807) is 6.92 Å². The van der Waals surface area contributed by atoms with Crippen LogP contribution in [0.3, 0.4) is 0 Å². The lowest BCUT2D eigenvalue weighted by Crippen LogP contribution is -2.27. The third-order valence-electron chi connectivity index (χ3n) is 1.78. The first kappa shape index (κ1) is 14.4. The highest BCUT2D eigenvalue weighted by Gasteiger charge is 2.12. The van der Waals surface area contributed by atoms with Crippen molar-refractivity contribution in [3.05, 3.63) is 12.2 Å². The molecule has 0 unspecified atom stereocenters. The molecule has 4 heteroatoms. The maximum atomic E-state index is 11.1. The van der Waals surface area contributed by atoms with Crippen LogP contribution >= 0.6 is 0 Å². The summed E-state index contributed by atoms with van der Waals surface area (Å²) in [5.41, 5.74) is 0.563. The summed E-state index contributed by atoms with van der Waals surface area (Å²) in [7, 11) is -1.36. The molecule has 0 bridgehead atoms. The molecule has 0 fully saturated rings. The second-order valence-electron chi connectivity index (χ2n) is 4.70. The van der Waals surface area contributed by atoms with Gasteiger partial charge in [-0.15, -0.1) is 0 Å². The van der Waals surface area contributed by atoms with Gasteiger partial charge < -0.3 is 9.74 Å². The van der Waals surface area contributed by atoms with E-state index in [9.17, 15) is 4.79 Å². The fourth-order valence-corrected chi connectivity index (χ4v) is 1.71. The monoisotopic (exact) mass is 229 g/mol. The van der Waals surface area contributed by atoms with Gasteiger partial charge in [-0.05, 0) is 39.4 Å². The Hall–Kier alpha value is -0.613. The molecule has 0 saturated heterocycles. The van der Waals surface area contributed by atoms with Crippen LogP contribution in [-0.2, 0) is 9.22 Å². The summed E-state index contributed by atoms with van der Waals surface area (Å²) in [6.07, 6.45) is 1.96. The van der Waals surface area contributed by atoms with E-state index in [0.29, 0.717) is 12.1 Å². The number of unbranched alkanes of at least 4 members (excludes halogenated alkanes) is 1. The fourth-order valence-electron chi connectivity index (χ4n) is 0.958. The van der Waals surface area contributed by atoms with Gasteiger partial charge in [0, 0.05) is 18.7 Å². The predicted molar refractivity (Wildman–Crippen MR) is 66.4 cm³/mol. The van der Waals surface area contributed by atoms with E-state index in [1.807, 2.05) is 0 Å². The van der Waals surface area contributed by atoms with Crippen molar-refractivity contribution in [1.82, 2.24) is 5.32 Å². The topological polar surface area (TPSA) is 38.3 Å². The van der Waals surface area contributed by atoms with E-state index in [0.717, 1.165) is 19.4 Å². The van der Waals surface area contributed by atoms with Crippen molar-refractivity contribution < 1.29 is 9.22 Å². The largest absolute Gasteiger partial charge is 0.418 e. The van der Waals surface area contributed by atoms with Crippen molar-refractivity contribution in [3.8, 4) is 0 Å². The summed E-state index contributed by atoms with van der Waals surface area (Å²) in [6.45, 7) is 13.3. The molecule has 0 rings (SSSR count). The Balaban J connectivity index is 3.33. The van der Waals surface area contributed by atoms with Gasteiger partial charge in [0.15, 0.2) is 8.32 Å². The molecule has 15 heavy (non-hydrogen) atoms. The SMILES string of the molecule is C=C(C)C(=O)NCCCCO[Si](C)(C)C. The Morgan fingerprint density at radius 2 is 1.93 bits per heavy atom. The van der Waals surface area contributed by atoms with E-state index in [1.165, 1.54) is 0 Å². The van der Waals surface area contributed by atoms with Crippen molar-refractivity contribution in [3.63, 3.8) is 0 Å². The summed E-state index contributed by atoms with van der Waals surface area (Å²) in [5.74, 6) is -0.0545. The van der Waals surface area contributed by atoms with Crippen LogP contribution < -0.4 is 5.32 Å². The van der Waals surface area contributed by atoms with Crippen molar-refractivity contribution in [2.75, 3.05) is 13.2 Å². The maximum Gasteiger partial charge on any atom is 0.246 e. The second-order valence-corrected chi connectivity index (χ2v) is 9.22. The smallest absolute Gasteiger partial charge is 0.246 e.